The molecule has 0 saturated carbocycles. The molecular formula is C9H13F3N2O2. The third-order valence-electron chi connectivity index (χ3n) is 2.33. The zero-order valence-electron chi connectivity index (χ0n) is 8.80. The van der Waals surface area contributed by atoms with Crippen molar-refractivity contribution in [3.05, 3.63) is 0 Å². The lowest BCUT2D eigenvalue weighted by molar-refractivity contribution is -0.145. The van der Waals surface area contributed by atoms with Crippen molar-refractivity contribution in [3.63, 3.8) is 0 Å². The number of amides is 2. The number of carbonyl (C=O) groups excluding carboxylic acids is 2. The maximum absolute atomic E-state index is 12.0. The zero-order valence-corrected chi connectivity index (χ0v) is 8.80. The summed E-state index contributed by atoms with van der Waals surface area (Å²) >= 11 is 0. The number of rotatable bonds is 2. The van der Waals surface area contributed by atoms with Crippen molar-refractivity contribution in [3.8, 4) is 0 Å². The highest BCUT2D eigenvalue weighted by molar-refractivity contribution is 5.89. The summed E-state index contributed by atoms with van der Waals surface area (Å²) in [6.07, 6.45) is -5.28. The topological polar surface area (TPSA) is 49.4 Å². The fourth-order valence-electron chi connectivity index (χ4n) is 1.48. The first kappa shape index (κ1) is 12.8. The molecule has 0 radical (unpaired) electrons. The molecule has 7 heteroatoms. The number of nitrogens with zero attached hydrogens (tertiary/aromatic N) is 1. The average Bonchev–Trinajstić information content (AvgIpc) is 2.25. The lowest BCUT2D eigenvalue weighted by atomic mass is 10.3. The third kappa shape index (κ3) is 3.71. The minimum absolute atomic E-state index is 0.0467. The highest BCUT2D eigenvalue weighted by Crippen LogP contribution is 2.20. The molecule has 0 aromatic rings. The van der Waals surface area contributed by atoms with E-state index < -0.39 is 24.5 Å². The molecule has 1 aliphatic rings. The molecule has 1 fully saturated rings. The van der Waals surface area contributed by atoms with Gasteiger partial charge < -0.3 is 10.2 Å². The van der Waals surface area contributed by atoms with Crippen molar-refractivity contribution < 1.29 is 22.8 Å². The van der Waals surface area contributed by atoms with Crippen molar-refractivity contribution in [2.24, 2.45) is 0 Å². The Morgan fingerprint density at radius 1 is 1.44 bits per heavy atom. The van der Waals surface area contributed by atoms with E-state index in [1.807, 2.05) is 0 Å². The summed E-state index contributed by atoms with van der Waals surface area (Å²) in [4.78, 5) is 23.7. The molecule has 0 aliphatic carbocycles. The van der Waals surface area contributed by atoms with Gasteiger partial charge in [-0.15, -0.1) is 0 Å². The summed E-state index contributed by atoms with van der Waals surface area (Å²) in [5.41, 5.74) is 0. The quantitative estimate of drug-likeness (QED) is 0.769. The van der Waals surface area contributed by atoms with Crippen LogP contribution in [0.1, 0.15) is 19.8 Å². The van der Waals surface area contributed by atoms with Crippen LogP contribution in [0.3, 0.4) is 0 Å². The van der Waals surface area contributed by atoms with Gasteiger partial charge in [-0.1, -0.05) is 0 Å². The van der Waals surface area contributed by atoms with Gasteiger partial charge in [-0.05, 0) is 6.92 Å². The van der Waals surface area contributed by atoms with Gasteiger partial charge in [-0.25, -0.2) is 0 Å². The van der Waals surface area contributed by atoms with Crippen LogP contribution in [0.25, 0.3) is 0 Å². The first-order valence-corrected chi connectivity index (χ1v) is 4.94. The molecular weight excluding hydrogens is 225 g/mol. The van der Waals surface area contributed by atoms with Crippen LogP contribution in [0, 0.1) is 0 Å². The Balaban J connectivity index is 2.58. The molecule has 92 valence electrons. The number of hydrogen-bond acceptors (Lipinski definition) is 2. The van der Waals surface area contributed by atoms with Crippen LogP contribution in [0.15, 0.2) is 0 Å². The Labute approximate surface area is 90.8 Å². The number of carbonyl (C=O) groups is 2. The van der Waals surface area contributed by atoms with E-state index in [4.69, 9.17) is 0 Å². The lowest BCUT2D eigenvalue weighted by Crippen LogP contribution is -2.43. The van der Waals surface area contributed by atoms with Gasteiger partial charge in [-0.2, -0.15) is 13.2 Å². The van der Waals surface area contributed by atoms with Crippen LogP contribution in [-0.2, 0) is 9.59 Å². The predicted octanol–water partition coefficient (Wildman–Crippen LogP) is 0.676. The van der Waals surface area contributed by atoms with Gasteiger partial charge in [0, 0.05) is 19.5 Å². The maximum atomic E-state index is 12.0. The molecule has 1 aliphatic heterocycles. The van der Waals surface area contributed by atoms with Gasteiger partial charge in [0.1, 0.15) is 6.04 Å². The molecule has 1 atom stereocenters. The van der Waals surface area contributed by atoms with Gasteiger partial charge >= 0.3 is 6.18 Å². The van der Waals surface area contributed by atoms with E-state index in [1.54, 1.807) is 0 Å². The minimum Gasteiger partial charge on any atom is -0.345 e. The molecule has 2 amide bonds. The summed E-state index contributed by atoms with van der Waals surface area (Å²) in [6.45, 7) is 1.12. The summed E-state index contributed by atoms with van der Waals surface area (Å²) in [5.74, 6) is -0.773. The monoisotopic (exact) mass is 238 g/mol. The average molecular weight is 238 g/mol. The highest BCUT2D eigenvalue weighted by Gasteiger charge is 2.31. The molecule has 0 spiro atoms. The normalized spacial score (nSPS) is 23.0. The van der Waals surface area contributed by atoms with Crippen LogP contribution in [0.5, 0.6) is 0 Å². The zero-order chi connectivity index (χ0) is 12.3. The van der Waals surface area contributed by atoms with E-state index in [0.29, 0.717) is 0 Å². The molecule has 1 N–H and O–H groups in total. The molecule has 16 heavy (non-hydrogen) atoms. The van der Waals surface area contributed by atoms with Gasteiger partial charge in [0.2, 0.25) is 11.8 Å². The Morgan fingerprint density at radius 3 is 2.62 bits per heavy atom. The number of nitrogens with one attached hydrogen (secondary N) is 1. The van der Waals surface area contributed by atoms with Gasteiger partial charge in [0.05, 0.1) is 6.42 Å². The Hall–Kier alpha value is -1.27. The van der Waals surface area contributed by atoms with Gasteiger partial charge in [0.15, 0.2) is 0 Å². The number of halogens is 3. The fraction of sp³-hybridized carbons (Fsp3) is 0.778. The van der Waals surface area contributed by atoms with E-state index in [2.05, 4.69) is 5.32 Å². The fourth-order valence-corrected chi connectivity index (χ4v) is 1.48. The van der Waals surface area contributed by atoms with Crippen molar-refractivity contribution in [2.45, 2.75) is 32.0 Å². The largest absolute Gasteiger partial charge is 0.390 e. The maximum Gasteiger partial charge on any atom is 0.390 e. The Morgan fingerprint density at radius 2 is 2.06 bits per heavy atom. The minimum atomic E-state index is -4.28. The first-order chi connectivity index (χ1) is 7.29. The molecule has 0 aromatic heterocycles. The number of alkyl halides is 3. The summed E-state index contributed by atoms with van der Waals surface area (Å²) in [7, 11) is 0. The van der Waals surface area contributed by atoms with E-state index in [1.165, 1.54) is 6.92 Å². The number of hydrogen-bond donors (Lipinski definition) is 1. The smallest absolute Gasteiger partial charge is 0.345 e. The Bertz CT molecular complexity index is 291. The van der Waals surface area contributed by atoms with Crippen molar-refractivity contribution >= 4 is 11.8 Å². The molecule has 1 saturated heterocycles. The standard InChI is InChI=1S/C9H13F3N2O2/c1-6-8(16)14(4-2-7(15)13-6)5-3-9(10,11)12/h6H,2-5H2,1H3,(H,13,15). The predicted molar refractivity (Wildman–Crippen MR) is 49.5 cm³/mol. The second-order valence-corrected chi connectivity index (χ2v) is 3.73. The van der Waals surface area contributed by atoms with Crippen LogP contribution < -0.4 is 5.32 Å². The van der Waals surface area contributed by atoms with Crippen LogP contribution in [0.4, 0.5) is 13.2 Å². The van der Waals surface area contributed by atoms with Gasteiger partial charge in [-0.3, -0.25) is 9.59 Å². The Kier molecular flexibility index (Phi) is 3.77. The summed E-state index contributed by atoms with van der Waals surface area (Å²) in [5, 5.41) is 2.41. The summed E-state index contributed by atoms with van der Waals surface area (Å²) < 4.78 is 36.0. The van der Waals surface area contributed by atoms with Crippen LogP contribution in [0.2, 0.25) is 0 Å². The second kappa shape index (κ2) is 4.71. The van der Waals surface area contributed by atoms with Crippen LogP contribution in [-0.4, -0.2) is 42.0 Å². The summed E-state index contributed by atoms with van der Waals surface area (Å²) in [6, 6.07) is -0.747. The van der Waals surface area contributed by atoms with E-state index >= 15 is 0 Å². The van der Waals surface area contributed by atoms with Crippen molar-refractivity contribution in [2.75, 3.05) is 13.1 Å². The van der Waals surface area contributed by atoms with Crippen molar-refractivity contribution in [1.82, 2.24) is 10.2 Å². The SMILES string of the molecule is CC1NC(=O)CCN(CCC(F)(F)F)C1=O. The van der Waals surface area contributed by atoms with E-state index in [9.17, 15) is 22.8 Å². The van der Waals surface area contributed by atoms with Gasteiger partial charge in [0.25, 0.3) is 0 Å². The van der Waals surface area contributed by atoms with Crippen molar-refractivity contribution in [1.29, 1.82) is 0 Å². The van der Waals surface area contributed by atoms with E-state index in [-0.39, 0.29) is 25.4 Å². The molecule has 1 unspecified atom stereocenters. The first-order valence-electron chi connectivity index (χ1n) is 4.94. The third-order valence-corrected chi connectivity index (χ3v) is 2.33. The molecule has 1 rings (SSSR count). The molecule has 0 aromatic carbocycles. The lowest BCUT2D eigenvalue weighted by Gasteiger charge is -2.22. The molecule has 1 heterocycles. The van der Waals surface area contributed by atoms with E-state index in [0.717, 1.165) is 4.90 Å². The van der Waals surface area contributed by atoms with Crippen LogP contribution >= 0.6 is 0 Å². The molecule has 4 nitrogen and oxygen atoms in total. The second-order valence-electron chi connectivity index (χ2n) is 3.73. The highest BCUT2D eigenvalue weighted by atomic mass is 19.4. The molecule has 0 bridgehead atoms.